The second-order valence-corrected chi connectivity index (χ2v) is 5.79. The third-order valence-corrected chi connectivity index (χ3v) is 3.53. The molecule has 1 unspecified atom stereocenters. The molecule has 0 amide bonds. The minimum Gasteiger partial charge on any atom is -0.466 e. The Morgan fingerprint density at radius 1 is 1.30 bits per heavy atom. The van der Waals surface area contributed by atoms with Crippen LogP contribution in [-0.2, 0) is 6.42 Å². The Morgan fingerprint density at radius 3 is 2.65 bits per heavy atom. The van der Waals surface area contributed by atoms with Gasteiger partial charge < -0.3 is 9.73 Å². The highest BCUT2D eigenvalue weighted by molar-refractivity contribution is 9.10. The van der Waals surface area contributed by atoms with Crippen molar-refractivity contribution >= 4 is 21.7 Å². The lowest BCUT2D eigenvalue weighted by Crippen LogP contribution is -2.10. The predicted molar refractivity (Wildman–Crippen MR) is 83.9 cm³/mol. The van der Waals surface area contributed by atoms with Gasteiger partial charge in [-0.2, -0.15) is 0 Å². The Hall–Kier alpha value is -1.36. The van der Waals surface area contributed by atoms with E-state index in [1.165, 1.54) is 0 Å². The van der Waals surface area contributed by atoms with Crippen molar-refractivity contribution in [2.75, 3.05) is 5.32 Å². The summed E-state index contributed by atoms with van der Waals surface area (Å²) < 4.78 is 6.39. The van der Waals surface area contributed by atoms with Crippen LogP contribution in [0.4, 0.5) is 5.82 Å². The highest BCUT2D eigenvalue weighted by atomic mass is 79.9. The van der Waals surface area contributed by atoms with Gasteiger partial charge in [-0.15, -0.1) is 0 Å². The second-order valence-electron chi connectivity index (χ2n) is 4.98. The van der Waals surface area contributed by atoms with Crippen LogP contribution in [0.3, 0.4) is 0 Å². The maximum absolute atomic E-state index is 5.58. The Kier molecular flexibility index (Phi) is 4.81. The molecule has 0 saturated carbocycles. The van der Waals surface area contributed by atoms with Crippen molar-refractivity contribution in [3.05, 3.63) is 39.6 Å². The van der Waals surface area contributed by atoms with Crippen molar-refractivity contribution < 1.29 is 4.42 Å². The first-order chi connectivity index (χ1) is 9.49. The van der Waals surface area contributed by atoms with Gasteiger partial charge in [0.1, 0.15) is 27.8 Å². The lowest BCUT2D eigenvalue weighted by atomic mass is 10.1. The summed E-state index contributed by atoms with van der Waals surface area (Å²) in [5.74, 6) is 3.57. The van der Waals surface area contributed by atoms with Crippen LogP contribution >= 0.6 is 15.9 Å². The maximum atomic E-state index is 5.58. The number of nitrogens with zero attached hydrogens (tertiary/aromatic N) is 2. The van der Waals surface area contributed by atoms with Crippen LogP contribution in [-0.4, -0.2) is 9.97 Å². The summed E-state index contributed by atoms with van der Waals surface area (Å²) in [4.78, 5) is 8.91. The average molecular weight is 338 g/mol. The van der Waals surface area contributed by atoms with Crippen LogP contribution in [0.25, 0.3) is 0 Å². The highest BCUT2D eigenvalue weighted by Gasteiger charge is 2.13. The summed E-state index contributed by atoms with van der Waals surface area (Å²) in [7, 11) is 0. The van der Waals surface area contributed by atoms with Gasteiger partial charge in [0.05, 0.1) is 6.04 Å². The quantitative estimate of drug-likeness (QED) is 0.811. The number of anilines is 1. The number of hydrogen-bond acceptors (Lipinski definition) is 4. The normalized spacial score (nSPS) is 12.4. The van der Waals surface area contributed by atoms with Crippen molar-refractivity contribution in [2.24, 2.45) is 0 Å². The lowest BCUT2D eigenvalue weighted by Gasteiger charge is -2.14. The first-order valence-electron chi connectivity index (χ1n) is 6.86. The summed E-state index contributed by atoms with van der Waals surface area (Å²) in [6, 6.07) is 4.11. The summed E-state index contributed by atoms with van der Waals surface area (Å²) in [5.41, 5.74) is 1.16. The number of aryl methyl sites for hydroxylation is 3. The molecule has 0 aliphatic rings. The molecule has 5 heteroatoms. The maximum Gasteiger partial charge on any atom is 0.132 e. The largest absolute Gasteiger partial charge is 0.466 e. The van der Waals surface area contributed by atoms with Gasteiger partial charge in [-0.05, 0) is 49.2 Å². The van der Waals surface area contributed by atoms with Crippen molar-refractivity contribution in [1.29, 1.82) is 0 Å². The summed E-state index contributed by atoms with van der Waals surface area (Å²) >= 11 is 3.44. The van der Waals surface area contributed by atoms with Gasteiger partial charge in [0.15, 0.2) is 0 Å². The number of halogens is 1. The molecule has 2 aromatic heterocycles. The van der Waals surface area contributed by atoms with E-state index < -0.39 is 0 Å². The molecule has 108 valence electrons. The van der Waals surface area contributed by atoms with E-state index in [1.54, 1.807) is 0 Å². The topological polar surface area (TPSA) is 51.0 Å². The Morgan fingerprint density at radius 2 is 2.05 bits per heavy atom. The number of aromatic nitrogens is 2. The third kappa shape index (κ3) is 3.60. The van der Waals surface area contributed by atoms with E-state index in [2.05, 4.69) is 51.1 Å². The molecule has 2 heterocycles. The van der Waals surface area contributed by atoms with Crippen molar-refractivity contribution in [1.82, 2.24) is 9.97 Å². The zero-order valence-electron chi connectivity index (χ0n) is 12.3. The first-order valence-corrected chi connectivity index (χ1v) is 7.65. The molecule has 0 fully saturated rings. The van der Waals surface area contributed by atoms with E-state index in [0.29, 0.717) is 0 Å². The summed E-state index contributed by atoms with van der Waals surface area (Å²) in [6.07, 6.45) is 1.91. The Labute approximate surface area is 128 Å². The minimum atomic E-state index is 0.142. The molecular weight excluding hydrogens is 318 g/mol. The van der Waals surface area contributed by atoms with E-state index in [1.807, 2.05) is 19.9 Å². The first kappa shape index (κ1) is 15.0. The van der Waals surface area contributed by atoms with E-state index in [0.717, 1.165) is 46.2 Å². The molecule has 4 nitrogen and oxygen atoms in total. The van der Waals surface area contributed by atoms with E-state index in [-0.39, 0.29) is 6.04 Å². The Bertz CT molecular complexity index is 595. The zero-order valence-corrected chi connectivity index (χ0v) is 13.9. The molecule has 0 aromatic carbocycles. The van der Waals surface area contributed by atoms with Crippen molar-refractivity contribution in [2.45, 2.75) is 46.6 Å². The molecule has 2 aromatic rings. The fourth-order valence-corrected chi connectivity index (χ4v) is 2.68. The fraction of sp³-hybridized carbons (Fsp3) is 0.467. The van der Waals surface area contributed by atoms with Gasteiger partial charge in [-0.3, -0.25) is 0 Å². The molecular formula is C15H20BrN3O. The van der Waals surface area contributed by atoms with Gasteiger partial charge in [-0.1, -0.05) is 6.92 Å². The van der Waals surface area contributed by atoms with Gasteiger partial charge in [0.25, 0.3) is 0 Å². The summed E-state index contributed by atoms with van der Waals surface area (Å²) in [5, 5.41) is 3.41. The van der Waals surface area contributed by atoms with Crippen molar-refractivity contribution in [3.63, 3.8) is 0 Å². The number of nitrogens with one attached hydrogen (secondary N) is 1. The minimum absolute atomic E-state index is 0.142. The van der Waals surface area contributed by atoms with Crippen molar-refractivity contribution in [3.8, 4) is 0 Å². The summed E-state index contributed by atoms with van der Waals surface area (Å²) in [6.45, 7) is 8.17. The third-order valence-electron chi connectivity index (χ3n) is 3.13. The molecule has 1 atom stereocenters. The van der Waals surface area contributed by atoms with Crippen LogP contribution in [0.1, 0.15) is 49.2 Å². The van der Waals surface area contributed by atoms with Crippen LogP contribution in [0.15, 0.2) is 21.2 Å². The Balaban J connectivity index is 2.18. The molecule has 0 bridgehead atoms. The van der Waals surface area contributed by atoms with E-state index >= 15 is 0 Å². The smallest absolute Gasteiger partial charge is 0.132 e. The van der Waals surface area contributed by atoms with Gasteiger partial charge in [0, 0.05) is 18.1 Å². The molecule has 0 aliphatic heterocycles. The highest BCUT2D eigenvalue weighted by Crippen LogP contribution is 2.25. The SMILES string of the molecule is CCCc1nc(Br)cc(NC(C)c2cc(C)oc2C)n1. The molecule has 20 heavy (non-hydrogen) atoms. The van der Waals surface area contributed by atoms with Crippen LogP contribution in [0.2, 0.25) is 0 Å². The molecule has 0 saturated heterocycles. The fourth-order valence-electron chi connectivity index (χ4n) is 2.25. The van der Waals surface area contributed by atoms with E-state index in [9.17, 15) is 0 Å². The van der Waals surface area contributed by atoms with Gasteiger partial charge in [-0.25, -0.2) is 9.97 Å². The molecule has 0 radical (unpaired) electrons. The molecule has 0 aliphatic carbocycles. The van der Waals surface area contributed by atoms with Crippen LogP contribution in [0.5, 0.6) is 0 Å². The standard InChI is InChI=1S/C15H20BrN3O/c1-5-6-14-18-13(16)8-15(19-14)17-10(3)12-7-9(2)20-11(12)4/h7-8,10H,5-6H2,1-4H3,(H,17,18,19). The second kappa shape index (κ2) is 6.39. The zero-order chi connectivity index (χ0) is 14.7. The average Bonchev–Trinajstić information content (AvgIpc) is 2.68. The molecule has 1 N–H and O–H groups in total. The van der Waals surface area contributed by atoms with Gasteiger partial charge >= 0.3 is 0 Å². The van der Waals surface area contributed by atoms with Crippen LogP contribution in [0, 0.1) is 13.8 Å². The lowest BCUT2D eigenvalue weighted by molar-refractivity contribution is 0.499. The molecule has 0 spiro atoms. The number of furan rings is 1. The monoisotopic (exact) mass is 337 g/mol. The van der Waals surface area contributed by atoms with Gasteiger partial charge in [0.2, 0.25) is 0 Å². The number of hydrogen-bond donors (Lipinski definition) is 1. The molecule has 2 rings (SSSR count). The predicted octanol–water partition coefficient (Wildman–Crippen LogP) is 4.57. The number of rotatable bonds is 5. The van der Waals surface area contributed by atoms with Crippen LogP contribution < -0.4 is 5.32 Å². The van der Waals surface area contributed by atoms with E-state index in [4.69, 9.17) is 4.42 Å².